The molecule has 5 heteroatoms. The number of benzene rings is 1. The van der Waals surface area contributed by atoms with Crippen molar-refractivity contribution in [3.8, 4) is 6.07 Å². The van der Waals surface area contributed by atoms with Crippen LogP contribution in [0.4, 0.5) is 0 Å². The van der Waals surface area contributed by atoms with E-state index in [0.717, 1.165) is 25.9 Å². The third-order valence-electron chi connectivity index (χ3n) is 3.63. The number of rotatable bonds is 1. The van der Waals surface area contributed by atoms with Gasteiger partial charge < -0.3 is 10.2 Å². The molecule has 0 bridgehead atoms. The average molecular weight is 310 g/mol. The molecule has 0 saturated carbocycles. The Morgan fingerprint density at radius 2 is 1.71 bits per heavy atom. The van der Waals surface area contributed by atoms with Crippen molar-refractivity contribution < 1.29 is 4.79 Å². The van der Waals surface area contributed by atoms with E-state index in [1.165, 1.54) is 17.4 Å². The van der Waals surface area contributed by atoms with Crippen molar-refractivity contribution in [2.75, 3.05) is 27.2 Å². The van der Waals surface area contributed by atoms with Gasteiger partial charge in [0.2, 0.25) is 5.91 Å². The number of carbonyl (C=O) groups is 1. The van der Waals surface area contributed by atoms with Crippen LogP contribution in [0.2, 0.25) is 0 Å². The van der Waals surface area contributed by atoms with Crippen LogP contribution in [0.15, 0.2) is 30.3 Å². The third-order valence-corrected chi connectivity index (χ3v) is 3.63. The summed E-state index contributed by atoms with van der Waals surface area (Å²) in [6, 6.07) is 12.6. The summed E-state index contributed by atoms with van der Waals surface area (Å²) in [6.45, 7) is 3.42. The third kappa shape index (κ3) is 5.74. The molecule has 1 aliphatic rings. The second-order valence-electron chi connectivity index (χ2n) is 5.22. The minimum absolute atomic E-state index is 0. The van der Waals surface area contributed by atoms with Gasteiger partial charge in [0.1, 0.15) is 0 Å². The second kappa shape index (κ2) is 9.38. The van der Waals surface area contributed by atoms with Crippen molar-refractivity contribution in [2.45, 2.75) is 25.2 Å². The molecule has 0 radical (unpaired) electrons. The van der Waals surface area contributed by atoms with Crippen LogP contribution in [0.5, 0.6) is 0 Å². The first-order valence-electron chi connectivity index (χ1n) is 6.87. The van der Waals surface area contributed by atoms with Crippen LogP contribution in [-0.4, -0.2) is 38.0 Å². The molecule has 21 heavy (non-hydrogen) atoms. The molecule has 1 amide bonds. The Kier molecular flexibility index (Phi) is 8.68. The van der Waals surface area contributed by atoms with Gasteiger partial charge in [0.05, 0.1) is 11.5 Å². The fourth-order valence-corrected chi connectivity index (χ4v) is 2.08. The lowest BCUT2D eigenvalue weighted by Gasteiger charge is -2.31. The van der Waals surface area contributed by atoms with Crippen molar-refractivity contribution in [3.63, 3.8) is 0 Å². The molecule has 1 aromatic carbocycles. The summed E-state index contributed by atoms with van der Waals surface area (Å²) in [7, 11) is 3.45. The van der Waals surface area contributed by atoms with E-state index in [2.05, 4.69) is 23.5 Å². The van der Waals surface area contributed by atoms with E-state index in [1.54, 1.807) is 14.1 Å². The largest absolute Gasteiger partial charge is 0.349 e. The van der Waals surface area contributed by atoms with Gasteiger partial charge in [-0.15, -0.1) is 12.4 Å². The van der Waals surface area contributed by atoms with Crippen molar-refractivity contribution in [2.24, 2.45) is 0 Å². The summed E-state index contributed by atoms with van der Waals surface area (Å²) >= 11 is 0. The molecule has 1 heterocycles. The molecule has 1 N–H and O–H groups in total. The number of nitrogens with one attached hydrogen (secondary N) is 1. The summed E-state index contributed by atoms with van der Waals surface area (Å²) in [5.41, 5.74) is 0.927. The number of nitrogens with zero attached hydrogens (tertiary/aromatic N) is 2. The van der Waals surface area contributed by atoms with Crippen molar-refractivity contribution in [3.05, 3.63) is 35.9 Å². The summed E-state index contributed by atoms with van der Waals surface area (Å²) in [5, 5.41) is 12.6. The lowest BCUT2D eigenvalue weighted by atomic mass is 9.74. The van der Waals surface area contributed by atoms with E-state index in [9.17, 15) is 10.1 Å². The molecule has 0 aromatic heterocycles. The van der Waals surface area contributed by atoms with Crippen molar-refractivity contribution in [1.29, 1.82) is 5.26 Å². The number of hydrogen-bond acceptors (Lipinski definition) is 3. The molecule has 1 fully saturated rings. The average Bonchev–Trinajstić information content (AvgIpc) is 2.49. The summed E-state index contributed by atoms with van der Waals surface area (Å²) < 4.78 is 0. The van der Waals surface area contributed by atoms with Crippen LogP contribution in [0.25, 0.3) is 0 Å². The van der Waals surface area contributed by atoms with Gasteiger partial charge in [-0.2, -0.15) is 5.26 Å². The maximum atomic E-state index is 10.1. The van der Waals surface area contributed by atoms with Gasteiger partial charge in [-0.1, -0.05) is 30.3 Å². The highest BCUT2D eigenvalue weighted by atomic mass is 35.5. The fraction of sp³-hybridized carbons (Fsp3) is 0.500. The zero-order chi connectivity index (χ0) is 15.0. The van der Waals surface area contributed by atoms with Gasteiger partial charge in [-0.05, 0) is 31.5 Å². The second-order valence-corrected chi connectivity index (χ2v) is 5.22. The zero-order valence-electron chi connectivity index (χ0n) is 12.9. The minimum atomic E-state index is -0.244. The van der Waals surface area contributed by atoms with Gasteiger partial charge >= 0.3 is 0 Å². The minimum Gasteiger partial charge on any atom is -0.349 e. The van der Waals surface area contributed by atoms with Crippen LogP contribution >= 0.6 is 12.4 Å². The lowest BCUT2D eigenvalue weighted by Crippen LogP contribution is -2.38. The molecule has 2 rings (SSSR count). The first-order chi connectivity index (χ1) is 9.52. The van der Waals surface area contributed by atoms with Crippen LogP contribution in [-0.2, 0) is 10.2 Å². The van der Waals surface area contributed by atoms with Crippen LogP contribution in [0.1, 0.15) is 25.3 Å². The Hall–Kier alpha value is -1.57. The number of carbonyl (C=O) groups excluding carboxylic acids is 1. The number of halogens is 1. The zero-order valence-corrected chi connectivity index (χ0v) is 13.7. The quantitative estimate of drug-likeness (QED) is 0.866. The number of hydrogen-bond donors (Lipinski definition) is 1. The van der Waals surface area contributed by atoms with Gasteiger partial charge in [-0.3, -0.25) is 4.79 Å². The van der Waals surface area contributed by atoms with E-state index < -0.39 is 0 Å². The number of nitriles is 1. The van der Waals surface area contributed by atoms with Gasteiger partial charge in [0.15, 0.2) is 0 Å². The molecular weight excluding hydrogens is 286 g/mol. The fourth-order valence-electron chi connectivity index (χ4n) is 2.08. The first kappa shape index (κ1) is 19.4. The summed E-state index contributed by atoms with van der Waals surface area (Å²) in [6.07, 6.45) is 1.85. The topological polar surface area (TPSA) is 56.1 Å². The van der Waals surface area contributed by atoms with E-state index in [1.807, 2.05) is 18.2 Å². The predicted octanol–water partition coefficient (Wildman–Crippen LogP) is 2.35. The number of piperidine rings is 1. The maximum absolute atomic E-state index is 10.1. The molecule has 4 nitrogen and oxygen atoms in total. The molecule has 1 saturated heterocycles. The first-order valence-corrected chi connectivity index (χ1v) is 6.87. The SMILES string of the molecule is CC(=O)N(C)C.Cl.N#CC1(c2ccccc2)CCNCC1. The molecule has 0 aliphatic carbocycles. The van der Waals surface area contributed by atoms with E-state index >= 15 is 0 Å². The van der Waals surface area contributed by atoms with Crippen molar-refractivity contribution >= 4 is 18.3 Å². The lowest BCUT2D eigenvalue weighted by molar-refractivity contribution is -0.126. The molecular formula is C16H24ClN3O. The molecule has 0 atom stereocenters. The normalized spacial score (nSPS) is 15.5. The van der Waals surface area contributed by atoms with Crippen LogP contribution < -0.4 is 5.32 Å². The highest BCUT2D eigenvalue weighted by Crippen LogP contribution is 2.32. The van der Waals surface area contributed by atoms with Crippen LogP contribution in [0, 0.1) is 11.3 Å². The molecule has 1 aliphatic heterocycles. The van der Waals surface area contributed by atoms with Gasteiger partial charge in [0.25, 0.3) is 0 Å². The Morgan fingerprint density at radius 1 is 1.24 bits per heavy atom. The van der Waals surface area contributed by atoms with E-state index in [-0.39, 0.29) is 23.7 Å². The molecule has 0 unspecified atom stereocenters. The Morgan fingerprint density at radius 3 is 2.10 bits per heavy atom. The monoisotopic (exact) mass is 309 g/mol. The van der Waals surface area contributed by atoms with Gasteiger partial charge in [0, 0.05) is 21.0 Å². The Balaban J connectivity index is 0.000000495. The van der Waals surface area contributed by atoms with Crippen molar-refractivity contribution in [1.82, 2.24) is 10.2 Å². The Labute approximate surface area is 133 Å². The summed E-state index contributed by atoms with van der Waals surface area (Å²) in [4.78, 5) is 11.6. The number of amides is 1. The standard InChI is InChI=1S/C12H14N2.C4H9NO.ClH/c13-10-12(6-8-14-9-7-12)11-4-2-1-3-5-11;1-4(6)5(2)3;/h1-5,14H,6-9H2;1-3H3;1H. The smallest absolute Gasteiger partial charge is 0.218 e. The Bertz CT molecular complexity index is 462. The highest BCUT2D eigenvalue weighted by Gasteiger charge is 2.33. The molecule has 1 aromatic rings. The maximum Gasteiger partial charge on any atom is 0.218 e. The summed E-state index contributed by atoms with van der Waals surface area (Å²) in [5.74, 6) is 0.0926. The highest BCUT2D eigenvalue weighted by molar-refractivity contribution is 5.85. The van der Waals surface area contributed by atoms with E-state index in [4.69, 9.17) is 0 Å². The van der Waals surface area contributed by atoms with Gasteiger partial charge in [-0.25, -0.2) is 0 Å². The van der Waals surface area contributed by atoms with Crippen LogP contribution in [0.3, 0.4) is 0 Å². The molecule has 116 valence electrons. The van der Waals surface area contributed by atoms with E-state index in [0.29, 0.717) is 0 Å². The predicted molar refractivity (Wildman–Crippen MR) is 87.5 cm³/mol. The molecule has 0 spiro atoms.